The monoisotopic (exact) mass is 519 g/mol. The number of anilines is 2. The van der Waals surface area contributed by atoms with Crippen LogP contribution in [0, 0.1) is 0 Å². The summed E-state index contributed by atoms with van der Waals surface area (Å²) in [6.07, 6.45) is 2.12. The molecule has 0 aliphatic carbocycles. The van der Waals surface area contributed by atoms with Crippen molar-refractivity contribution in [2.24, 2.45) is 22.6 Å². The summed E-state index contributed by atoms with van der Waals surface area (Å²) in [4.78, 5) is 7.94. The number of para-hydroxylation sites is 1. The Morgan fingerprint density at radius 3 is 2.91 bits per heavy atom. The Morgan fingerprint density at radius 1 is 1.37 bits per heavy atom. The molecule has 1 fully saturated rings. The van der Waals surface area contributed by atoms with Gasteiger partial charge < -0.3 is 21.8 Å². The van der Waals surface area contributed by atoms with Crippen molar-refractivity contribution in [1.82, 2.24) is 25.5 Å². The number of hydrazone groups is 1. The Labute approximate surface area is 209 Å². The fraction of sp³-hybridized carbons (Fsp3) is 0.300. The summed E-state index contributed by atoms with van der Waals surface area (Å²) >= 11 is 0.853. The van der Waals surface area contributed by atoms with Crippen LogP contribution in [0.5, 0.6) is 0 Å². The van der Waals surface area contributed by atoms with Gasteiger partial charge in [0.25, 0.3) is 0 Å². The summed E-state index contributed by atoms with van der Waals surface area (Å²) < 4.78 is 23.0. The lowest BCUT2D eigenvalue weighted by Crippen LogP contribution is -2.35. The molecule has 0 amide bonds. The lowest BCUT2D eigenvalue weighted by atomic mass is 9.96. The predicted octanol–water partition coefficient (Wildman–Crippen LogP) is 0.150. The third kappa shape index (κ3) is 5.35. The maximum atomic E-state index is 13.4. The van der Waals surface area contributed by atoms with Crippen LogP contribution in [0.1, 0.15) is 18.4 Å². The molecule has 15 heteroatoms. The zero-order valence-corrected chi connectivity index (χ0v) is 20.7. The molecule has 3 aromatic rings. The van der Waals surface area contributed by atoms with Crippen LogP contribution in [0.15, 0.2) is 40.3 Å². The molecule has 1 aromatic heterocycles. The van der Waals surface area contributed by atoms with Crippen LogP contribution in [0.4, 0.5) is 11.6 Å². The van der Waals surface area contributed by atoms with Crippen LogP contribution in [0.3, 0.4) is 0 Å². The van der Waals surface area contributed by atoms with E-state index >= 15 is 0 Å². The number of nitrogens with zero attached hydrogens (tertiary/aromatic N) is 3. The number of aromatic amines is 1. The Bertz CT molecular complexity index is 1240. The van der Waals surface area contributed by atoms with E-state index in [1.807, 2.05) is 24.3 Å². The van der Waals surface area contributed by atoms with E-state index in [1.165, 1.54) is 0 Å². The molecule has 188 valence electrons. The third-order valence-electron chi connectivity index (χ3n) is 5.70. The van der Waals surface area contributed by atoms with Crippen LogP contribution < -0.4 is 43.1 Å². The average Bonchev–Trinajstić information content (AvgIpc) is 3.50. The molecule has 2 atom stereocenters. The van der Waals surface area contributed by atoms with Crippen LogP contribution in [-0.4, -0.2) is 46.2 Å². The van der Waals surface area contributed by atoms with Crippen molar-refractivity contribution in [2.45, 2.75) is 23.8 Å². The van der Waals surface area contributed by atoms with Crippen LogP contribution in [-0.2, 0) is 15.3 Å². The number of imidazole rings is 1. The second-order valence-corrected chi connectivity index (χ2v) is 10.0. The van der Waals surface area contributed by atoms with E-state index in [-0.39, 0.29) is 17.8 Å². The molecule has 2 aromatic carbocycles. The zero-order valence-electron chi connectivity index (χ0n) is 19.1. The van der Waals surface area contributed by atoms with Crippen molar-refractivity contribution < 1.29 is 8.49 Å². The number of rotatable bonds is 10. The van der Waals surface area contributed by atoms with Crippen molar-refractivity contribution in [3.63, 3.8) is 0 Å². The molecule has 0 spiro atoms. The van der Waals surface area contributed by atoms with Gasteiger partial charge in [0.05, 0.1) is 27.2 Å². The number of H-pyrrole nitrogens is 1. The Balaban J connectivity index is 1.89. The lowest BCUT2D eigenvalue weighted by Gasteiger charge is -2.25. The smallest absolute Gasteiger partial charge is 0.198 e. The van der Waals surface area contributed by atoms with Gasteiger partial charge in [-0.3, -0.25) is 4.31 Å². The summed E-state index contributed by atoms with van der Waals surface area (Å²) in [5, 5.41) is 7.40. The number of fused-ring (bicyclic) bond motifs is 1. The second kappa shape index (κ2) is 11.2. The van der Waals surface area contributed by atoms with E-state index in [9.17, 15) is 4.21 Å². The van der Waals surface area contributed by atoms with Gasteiger partial charge in [-0.15, -0.1) is 5.10 Å². The van der Waals surface area contributed by atoms with Gasteiger partial charge in [0.2, 0.25) is 0 Å². The average molecular weight is 520 g/mol. The van der Waals surface area contributed by atoms with Gasteiger partial charge in [-0.05, 0) is 37.1 Å². The second-order valence-electron chi connectivity index (χ2n) is 7.86. The molecule has 35 heavy (non-hydrogen) atoms. The SMILES string of the molecule is CN(SON)c1c(S(=O)NCC2CCCN2)ccc(-c2cccc3[nH]c(N)nc23)c1/C(N)=N/NN. The van der Waals surface area contributed by atoms with Crippen molar-refractivity contribution in [1.29, 1.82) is 0 Å². The van der Waals surface area contributed by atoms with Crippen molar-refractivity contribution in [3.8, 4) is 11.1 Å². The van der Waals surface area contributed by atoms with E-state index < -0.39 is 11.0 Å². The standard InChI is InChI=1S/C20H29N11O2S2/c1-31(34-33-24)18-15(35(32)26-10-11-4-3-9-25-11)8-7-12(16(18)19(21)29-30-23)13-5-2-6-14-17(13)28-20(22)27-14/h2,5-8,11,25-26,30H,3-4,9-10,23-24H2,1H3,(H2,21,29)(H3,22,27,28). The Hall–Kier alpha value is -2.92. The van der Waals surface area contributed by atoms with E-state index in [4.69, 9.17) is 27.5 Å². The van der Waals surface area contributed by atoms with Gasteiger partial charge in [-0.1, -0.05) is 18.2 Å². The molecule has 4 rings (SSSR count). The topological polar surface area (TPSA) is 211 Å². The highest BCUT2D eigenvalue weighted by Gasteiger charge is 2.26. The Kier molecular flexibility index (Phi) is 8.07. The van der Waals surface area contributed by atoms with Gasteiger partial charge >= 0.3 is 0 Å². The van der Waals surface area contributed by atoms with Crippen molar-refractivity contribution >= 4 is 51.7 Å². The summed E-state index contributed by atoms with van der Waals surface area (Å²) in [5.74, 6) is 11.2. The minimum Gasteiger partial charge on any atom is -0.382 e. The normalized spacial score (nSPS) is 17.1. The highest BCUT2D eigenvalue weighted by atomic mass is 32.2. The Morgan fingerprint density at radius 2 is 2.20 bits per heavy atom. The summed E-state index contributed by atoms with van der Waals surface area (Å²) in [6.45, 7) is 1.51. The molecule has 1 aliphatic rings. The molecule has 0 bridgehead atoms. The zero-order chi connectivity index (χ0) is 24.9. The van der Waals surface area contributed by atoms with Gasteiger partial charge in [-0.2, -0.15) is 0 Å². The molecule has 2 heterocycles. The van der Waals surface area contributed by atoms with E-state index in [2.05, 4.69) is 30.6 Å². The third-order valence-corrected chi connectivity index (χ3v) is 7.35. The van der Waals surface area contributed by atoms with Gasteiger partial charge in [0, 0.05) is 25.2 Å². The van der Waals surface area contributed by atoms with Crippen LogP contribution in [0.25, 0.3) is 22.2 Å². The largest absolute Gasteiger partial charge is 0.382 e. The van der Waals surface area contributed by atoms with E-state index in [0.717, 1.165) is 42.7 Å². The molecular weight excluding hydrogens is 490 g/mol. The number of hydrazine groups is 1. The number of nitrogens with one attached hydrogen (secondary N) is 4. The minimum absolute atomic E-state index is 0.0683. The number of amidine groups is 1. The number of hydrogen-bond acceptors (Lipinski definition) is 11. The van der Waals surface area contributed by atoms with Gasteiger partial charge in [-0.25, -0.2) is 35.5 Å². The fourth-order valence-corrected chi connectivity index (χ4v) is 5.76. The molecule has 0 saturated carbocycles. The number of aromatic nitrogens is 2. The minimum atomic E-state index is -1.58. The van der Waals surface area contributed by atoms with Crippen molar-refractivity contribution in [3.05, 3.63) is 35.9 Å². The number of hydrogen-bond donors (Lipinski definition) is 8. The number of nitrogens with two attached hydrogens (primary N) is 4. The quantitative estimate of drug-likeness (QED) is 0.0451. The molecule has 12 N–H and O–H groups in total. The van der Waals surface area contributed by atoms with Gasteiger partial charge in [0.15, 0.2) is 11.8 Å². The molecular formula is C20H29N11O2S2. The highest BCUT2D eigenvalue weighted by molar-refractivity contribution is 7.96. The first-order valence-electron chi connectivity index (χ1n) is 10.8. The van der Waals surface area contributed by atoms with E-state index in [1.54, 1.807) is 17.4 Å². The molecule has 1 aliphatic heterocycles. The fourth-order valence-electron chi connectivity index (χ4n) is 4.20. The molecule has 13 nitrogen and oxygen atoms in total. The summed E-state index contributed by atoms with van der Waals surface area (Å²) in [6, 6.07) is 9.48. The summed E-state index contributed by atoms with van der Waals surface area (Å²) in [5.41, 5.74) is 18.3. The molecule has 1 saturated heterocycles. The summed E-state index contributed by atoms with van der Waals surface area (Å²) in [7, 11) is 0.139. The van der Waals surface area contributed by atoms with Crippen molar-refractivity contribution in [2.75, 3.05) is 30.2 Å². The van der Waals surface area contributed by atoms with E-state index in [0.29, 0.717) is 33.8 Å². The molecule has 2 unspecified atom stereocenters. The first kappa shape index (κ1) is 25.2. The maximum absolute atomic E-state index is 13.4. The lowest BCUT2D eigenvalue weighted by molar-refractivity contribution is 0.397. The maximum Gasteiger partial charge on any atom is 0.198 e. The first-order chi connectivity index (χ1) is 16.9. The number of nitrogen functional groups attached to an aromatic ring is 1. The highest BCUT2D eigenvalue weighted by Crippen LogP contribution is 2.39. The van der Waals surface area contributed by atoms with Crippen LogP contribution in [0.2, 0.25) is 0 Å². The molecule has 0 radical (unpaired) electrons. The first-order valence-corrected chi connectivity index (χ1v) is 12.7. The van der Waals surface area contributed by atoms with Crippen LogP contribution >= 0.6 is 12.2 Å². The predicted molar refractivity (Wildman–Crippen MR) is 141 cm³/mol. The number of benzene rings is 2. The van der Waals surface area contributed by atoms with Gasteiger partial charge in [0.1, 0.15) is 23.2 Å².